The van der Waals surface area contributed by atoms with Gasteiger partial charge in [-0.2, -0.15) is 0 Å². The predicted octanol–water partition coefficient (Wildman–Crippen LogP) is -0.0826. The van der Waals surface area contributed by atoms with Gasteiger partial charge in [0.1, 0.15) is 6.04 Å². The monoisotopic (exact) mass is 348 g/mol. The third-order valence-electron chi connectivity index (χ3n) is 2.60. The molecule has 20 heavy (non-hydrogen) atoms. The lowest BCUT2D eigenvalue weighted by Crippen LogP contribution is -2.51. The molecule has 0 aliphatic rings. The molecule has 0 unspecified atom stereocenters. The first-order valence-electron chi connectivity index (χ1n) is 5.56. The van der Waals surface area contributed by atoms with Gasteiger partial charge in [-0.15, -0.1) is 0 Å². The minimum atomic E-state index is -1.22. The van der Waals surface area contributed by atoms with E-state index in [9.17, 15) is 14.7 Å². The number of hydrogen-bond acceptors (Lipinski definition) is 4. The summed E-state index contributed by atoms with van der Waals surface area (Å²) in [6.45, 7) is 3.22. The van der Waals surface area contributed by atoms with Crippen molar-refractivity contribution >= 4 is 27.7 Å². The second-order valence-electron chi connectivity index (χ2n) is 4.13. The summed E-state index contributed by atoms with van der Waals surface area (Å²) in [4.78, 5) is 23.2. The van der Waals surface area contributed by atoms with Crippen molar-refractivity contribution < 1.29 is 25.4 Å². The quantitative estimate of drug-likeness (QED) is 0.447. The lowest BCUT2D eigenvalue weighted by molar-refractivity contribution is -0.133. The van der Waals surface area contributed by atoms with Crippen molar-refractivity contribution in [3.05, 3.63) is 33.8 Å². The van der Waals surface area contributed by atoms with E-state index in [4.69, 9.17) is 5.21 Å². The molecule has 0 radical (unpaired) electrons. The van der Waals surface area contributed by atoms with Gasteiger partial charge in [0.05, 0.1) is 6.10 Å². The summed E-state index contributed by atoms with van der Waals surface area (Å²) in [5, 5.41) is 20.3. The van der Waals surface area contributed by atoms with Gasteiger partial charge in [0, 0.05) is 10.0 Å². The van der Waals surface area contributed by atoms with Gasteiger partial charge in [-0.05, 0) is 31.5 Å². The zero-order valence-electron chi connectivity index (χ0n) is 11.0. The van der Waals surface area contributed by atoms with E-state index in [0.29, 0.717) is 5.56 Å². The van der Waals surface area contributed by atoms with Crippen molar-refractivity contribution in [1.82, 2.24) is 10.8 Å². The fourth-order valence-corrected chi connectivity index (χ4v) is 1.81. The number of aliphatic hydroxyl groups is 1. The van der Waals surface area contributed by atoms with Crippen LogP contribution in [0.3, 0.4) is 0 Å². The van der Waals surface area contributed by atoms with Crippen LogP contribution in [-0.4, -0.2) is 39.8 Å². The largest absolute Gasteiger partial charge is 0.412 e. The first-order chi connectivity index (χ1) is 8.86. The predicted molar refractivity (Wildman–Crippen MR) is 75.4 cm³/mol. The smallest absolute Gasteiger partial charge is 0.268 e. The standard InChI is InChI=1S/C12H15BrN2O4.H2O/c1-6-3-4-8(5-9(6)13)11(17)14-10(7(2)16)12(18)15-19;/h3-5,7,10,16,19H,1-2H3,(H,14,17)(H,15,18);1H2/t7-,10+;/m1./s1. The van der Waals surface area contributed by atoms with Crippen LogP contribution in [-0.2, 0) is 4.79 Å². The molecule has 8 heteroatoms. The number of carbonyl (C=O) groups excluding carboxylic acids is 2. The number of rotatable bonds is 4. The normalized spacial score (nSPS) is 12.8. The summed E-state index contributed by atoms with van der Waals surface area (Å²) in [6, 6.07) is 3.74. The molecule has 0 aliphatic carbocycles. The molecule has 6 N–H and O–H groups in total. The molecule has 2 atom stereocenters. The maximum absolute atomic E-state index is 11.9. The Morgan fingerprint density at radius 2 is 1.95 bits per heavy atom. The highest BCUT2D eigenvalue weighted by Crippen LogP contribution is 2.17. The summed E-state index contributed by atoms with van der Waals surface area (Å²) in [5.41, 5.74) is 2.71. The minimum Gasteiger partial charge on any atom is -0.412 e. The van der Waals surface area contributed by atoms with Gasteiger partial charge in [0.25, 0.3) is 11.8 Å². The summed E-state index contributed by atoms with van der Waals surface area (Å²) in [6.07, 6.45) is -1.13. The molecular weight excluding hydrogens is 332 g/mol. The van der Waals surface area contributed by atoms with Gasteiger partial charge in [0.2, 0.25) is 0 Å². The van der Waals surface area contributed by atoms with Crippen LogP contribution in [0.25, 0.3) is 0 Å². The number of hydroxylamine groups is 1. The van der Waals surface area contributed by atoms with Crippen LogP contribution in [0.5, 0.6) is 0 Å². The third-order valence-corrected chi connectivity index (χ3v) is 3.45. The van der Waals surface area contributed by atoms with E-state index in [1.54, 1.807) is 18.2 Å². The molecule has 2 amide bonds. The molecule has 112 valence electrons. The van der Waals surface area contributed by atoms with E-state index in [2.05, 4.69) is 21.2 Å². The van der Waals surface area contributed by atoms with Crippen molar-refractivity contribution in [2.45, 2.75) is 26.0 Å². The summed E-state index contributed by atoms with van der Waals surface area (Å²) in [5.74, 6) is -1.40. The molecule has 0 aliphatic heterocycles. The second-order valence-corrected chi connectivity index (χ2v) is 4.99. The van der Waals surface area contributed by atoms with Gasteiger partial charge in [-0.25, -0.2) is 5.48 Å². The highest BCUT2D eigenvalue weighted by molar-refractivity contribution is 9.10. The first kappa shape index (κ1) is 18.5. The van der Waals surface area contributed by atoms with E-state index >= 15 is 0 Å². The average molecular weight is 349 g/mol. The molecular formula is C12H17BrN2O5. The molecule has 7 nitrogen and oxygen atoms in total. The molecule has 0 saturated heterocycles. The van der Waals surface area contributed by atoms with E-state index in [-0.39, 0.29) is 5.48 Å². The molecule has 0 saturated carbocycles. The van der Waals surface area contributed by atoms with Crippen molar-refractivity contribution in [2.24, 2.45) is 0 Å². The zero-order chi connectivity index (χ0) is 14.6. The molecule has 0 aromatic heterocycles. The fourth-order valence-electron chi connectivity index (χ4n) is 1.43. The van der Waals surface area contributed by atoms with Gasteiger partial charge in [-0.3, -0.25) is 14.8 Å². The average Bonchev–Trinajstić information content (AvgIpc) is 2.37. The van der Waals surface area contributed by atoms with Crippen LogP contribution in [0.4, 0.5) is 0 Å². The maximum Gasteiger partial charge on any atom is 0.268 e. The number of carbonyl (C=O) groups is 2. The van der Waals surface area contributed by atoms with Crippen LogP contribution < -0.4 is 10.8 Å². The van der Waals surface area contributed by atoms with E-state index in [1.165, 1.54) is 12.4 Å². The molecule has 1 aromatic rings. The van der Waals surface area contributed by atoms with Crippen LogP contribution in [0, 0.1) is 6.92 Å². The number of amides is 2. The molecule has 0 bridgehead atoms. The summed E-state index contributed by atoms with van der Waals surface area (Å²) in [7, 11) is 0. The summed E-state index contributed by atoms with van der Waals surface area (Å²) >= 11 is 3.30. The first-order valence-corrected chi connectivity index (χ1v) is 6.35. The minimum absolute atomic E-state index is 0. The van der Waals surface area contributed by atoms with E-state index in [0.717, 1.165) is 10.0 Å². The zero-order valence-corrected chi connectivity index (χ0v) is 12.6. The molecule has 0 spiro atoms. The van der Waals surface area contributed by atoms with E-state index < -0.39 is 24.0 Å². The second kappa shape index (κ2) is 7.95. The number of aryl methyl sites for hydroxylation is 1. The number of aliphatic hydroxyl groups excluding tert-OH is 1. The Kier molecular flexibility index (Phi) is 7.36. The van der Waals surface area contributed by atoms with Crippen LogP contribution in [0.1, 0.15) is 22.8 Å². The fraction of sp³-hybridized carbons (Fsp3) is 0.333. The van der Waals surface area contributed by atoms with Gasteiger partial charge >= 0.3 is 0 Å². The number of benzene rings is 1. The summed E-state index contributed by atoms with van der Waals surface area (Å²) < 4.78 is 0.764. The Balaban J connectivity index is 0.00000361. The van der Waals surface area contributed by atoms with Crippen LogP contribution in [0.15, 0.2) is 22.7 Å². The number of halogens is 1. The highest BCUT2D eigenvalue weighted by atomic mass is 79.9. The maximum atomic E-state index is 11.9. The molecule has 0 fully saturated rings. The highest BCUT2D eigenvalue weighted by Gasteiger charge is 2.25. The van der Waals surface area contributed by atoms with Crippen molar-refractivity contribution in [3.63, 3.8) is 0 Å². The lowest BCUT2D eigenvalue weighted by atomic mass is 10.1. The molecule has 0 heterocycles. The third kappa shape index (κ3) is 4.57. The number of hydrogen-bond donors (Lipinski definition) is 4. The van der Waals surface area contributed by atoms with Crippen molar-refractivity contribution in [1.29, 1.82) is 0 Å². The Hall–Kier alpha value is -1.48. The van der Waals surface area contributed by atoms with Crippen molar-refractivity contribution in [3.8, 4) is 0 Å². The van der Waals surface area contributed by atoms with Gasteiger partial charge < -0.3 is 15.9 Å². The lowest BCUT2D eigenvalue weighted by Gasteiger charge is -2.19. The Morgan fingerprint density at radius 3 is 2.40 bits per heavy atom. The van der Waals surface area contributed by atoms with Crippen LogP contribution >= 0.6 is 15.9 Å². The Bertz CT molecular complexity index is 493. The Morgan fingerprint density at radius 1 is 1.35 bits per heavy atom. The van der Waals surface area contributed by atoms with Gasteiger partial charge in [-0.1, -0.05) is 22.0 Å². The van der Waals surface area contributed by atoms with Crippen molar-refractivity contribution in [2.75, 3.05) is 0 Å². The van der Waals surface area contributed by atoms with E-state index in [1.807, 2.05) is 6.92 Å². The SMILES string of the molecule is Cc1ccc(C(=O)N[C@H](C(=O)NO)[C@@H](C)O)cc1Br.O. The molecule has 1 aromatic carbocycles. The van der Waals surface area contributed by atoms with Crippen LogP contribution in [0.2, 0.25) is 0 Å². The topological polar surface area (TPSA) is 130 Å². The number of nitrogens with one attached hydrogen (secondary N) is 2. The van der Waals surface area contributed by atoms with Gasteiger partial charge in [0.15, 0.2) is 0 Å². The Labute approximate surface area is 124 Å². The molecule has 1 rings (SSSR count).